The van der Waals surface area contributed by atoms with Crippen LogP contribution in [0.25, 0.3) is 0 Å². The van der Waals surface area contributed by atoms with E-state index in [1.807, 2.05) is 23.1 Å². The summed E-state index contributed by atoms with van der Waals surface area (Å²) < 4.78 is 2.60. The van der Waals surface area contributed by atoms with E-state index in [1.165, 1.54) is 27.6 Å². The minimum atomic E-state index is -0.269. The zero-order valence-corrected chi connectivity index (χ0v) is 13.8. The zero-order valence-electron chi connectivity index (χ0n) is 13.8. The number of rotatable bonds is 2. The predicted molar refractivity (Wildman–Crippen MR) is 89.7 cm³/mol. The molecule has 0 spiro atoms. The average molecular weight is 327 g/mol. The van der Waals surface area contributed by atoms with Crippen LogP contribution in [0.1, 0.15) is 18.4 Å². The highest BCUT2D eigenvalue weighted by Crippen LogP contribution is 2.31. The van der Waals surface area contributed by atoms with Crippen LogP contribution in [0, 0.1) is 0 Å². The van der Waals surface area contributed by atoms with E-state index in [0.717, 1.165) is 25.2 Å². The van der Waals surface area contributed by atoms with Crippen molar-refractivity contribution in [1.82, 2.24) is 19.2 Å². The number of carbonyl (C=O) groups excluding carboxylic acids is 1. The first kappa shape index (κ1) is 15.1. The monoisotopic (exact) mass is 327 g/mol. The van der Waals surface area contributed by atoms with Crippen molar-refractivity contribution in [2.75, 3.05) is 18.0 Å². The van der Waals surface area contributed by atoms with E-state index in [2.05, 4.69) is 16.1 Å². The smallest absolute Gasteiger partial charge is 0.309 e. The Hall–Kier alpha value is -2.41. The molecule has 1 aromatic carbocycles. The van der Waals surface area contributed by atoms with Gasteiger partial charge in [0.15, 0.2) is 0 Å². The van der Waals surface area contributed by atoms with E-state index in [0.29, 0.717) is 12.6 Å². The number of carbonyl (C=O) groups is 1. The molecule has 7 nitrogen and oxygen atoms in total. The van der Waals surface area contributed by atoms with Crippen molar-refractivity contribution in [2.24, 2.45) is 7.05 Å². The van der Waals surface area contributed by atoms with Crippen molar-refractivity contribution in [1.29, 1.82) is 0 Å². The molecule has 2 aliphatic rings. The van der Waals surface area contributed by atoms with Gasteiger partial charge in [-0.3, -0.25) is 14.3 Å². The van der Waals surface area contributed by atoms with Gasteiger partial charge in [-0.15, -0.1) is 0 Å². The molecule has 2 aliphatic heterocycles. The highest BCUT2D eigenvalue weighted by Gasteiger charge is 2.33. The molecule has 1 aromatic heterocycles. The van der Waals surface area contributed by atoms with Gasteiger partial charge in [0.05, 0.1) is 0 Å². The summed E-state index contributed by atoms with van der Waals surface area (Å²) in [7, 11) is 1.63. The van der Waals surface area contributed by atoms with Crippen LogP contribution in [0.2, 0.25) is 0 Å². The summed E-state index contributed by atoms with van der Waals surface area (Å²) in [5.74, 6) is -0.0861. The van der Waals surface area contributed by atoms with Crippen LogP contribution >= 0.6 is 0 Å². The van der Waals surface area contributed by atoms with E-state index in [-0.39, 0.29) is 18.1 Å². The number of fused-ring (bicyclic) bond motifs is 2. The standard InChI is InChI=1S/C17H21N5O2/c1-19-12-18-22(17(19)24)11-16(23)21-10-14-6-4-8-20(14)9-13-5-2-3-7-15(13)21/h2-3,5,7,12,14H,4,6,8-11H2,1H3. The molecule has 2 aromatic rings. The van der Waals surface area contributed by atoms with E-state index < -0.39 is 0 Å². The molecule has 1 unspecified atom stereocenters. The second kappa shape index (κ2) is 5.90. The van der Waals surface area contributed by atoms with Crippen LogP contribution in [0.3, 0.4) is 0 Å². The highest BCUT2D eigenvalue weighted by molar-refractivity contribution is 5.94. The van der Waals surface area contributed by atoms with Crippen molar-refractivity contribution in [3.8, 4) is 0 Å². The van der Waals surface area contributed by atoms with Crippen molar-refractivity contribution in [2.45, 2.75) is 32.0 Å². The molecule has 7 heteroatoms. The highest BCUT2D eigenvalue weighted by atomic mass is 16.2. The lowest BCUT2D eigenvalue weighted by Crippen LogP contribution is -2.43. The molecule has 0 bridgehead atoms. The van der Waals surface area contributed by atoms with Crippen LogP contribution in [0.4, 0.5) is 5.69 Å². The molecule has 0 aliphatic carbocycles. The van der Waals surface area contributed by atoms with Crippen molar-refractivity contribution in [3.05, 3.63) is 46.6 Å². The fourth-order valence-electron chi connectivity index (χ4n) is 3.72. The van der Waals surface area contributed by atoms with Gasteiger partial charge >= 0.3 is 5.69 Å². The summed E-state index contributed by atoms with van der Waals surface area (Å²) in [6.45, 7) is 2.62. The van der Waals surface area contributed by atoms with Crippen LogP contribution in [-0.4, -0.2) is 44.3 Å². The van der Waals surface area contributed by atoms with E-state index >= 15 is 0 Å². The third-order valence-corrected chi connectivity index (χ3v) is 5.02. The first-order valence-corrected chi connectivity index (χ1v) is 8.34. The van der Waals surface area contributed by atoms with Gasteiger partial charge < -0.3 is 4.90 Å². The largest absolute Gasteiger partial charge is 0.345 e. The topological polar surface area (TPSA) is 63.4 Å². The number of anilines is 1. The predicted octanol–water partition coefficient (Wildman–Crippen LogP) is 0.593. The summed E-state index contributed by atoms with van der Waals surface area (Å²) in [4.78, 5) is 29.2. The molecule has 4 rings (SSSR count). The minimum absolute atomic E-state index is 0.0271. The molecular formula is C17H21N5O2. The number of nitrogens with zero attached hydrogens (tertiary/aromatic N) is 5. The van der Waals surface area contributed by atoms with Crippen LogP contribution < -0.4 is 10.6 Å². The Kier molecular flexibility index (Phi) is 3.72. The summed E-state index contributed by atoms with van der Waals surface area (Å²) in [5, 5.41) is 4.01. The van der Waals surface area contributed by atoms with Crippen molar-refractivity contribution in [3.63, 3.8) is 0 Å². The van der Waals surface area contributed by atoms with Crippen molar-refractivity contribution >= 4 is 11.6 Å². The van der Waals surface area contributed by atoms with E-state index in [1.54, 1.807) is 7.05 Å². The number of aromatic nitrogens is 3. The number of hydrogen-bond acceptors (Lipinski definition) is 4. The molecule has 126 valence electrons. The Morgan fingerprint density at radius 2 is 2.17 bits per heavy atom. The lowest BCUT2D eigenvalue weighted by atomic mass is 10.1. The first-order chi connectivity index (χ1) is 11.6. The summed E-state index contributed by atoms with van der Waals surface area (Å²) in [6, 6.07) is 8.45. The second-order valence-corrected chi connectivity index (χ2v) is 6.58. The fraction of sp³-hybridized carbons (Fsp3) is 0.471. The molecule has 0 radical (unpaired) electrons. The van der Waals surface area contributed by atoms with Crippen LogP contribution in [0.5, 0.6) is 0 Å². The Balaban J connectivity index is 1.66. The Labute approximate surface area is 140 Å². The molecule has 1 atom stereocenters. The molecule has 0 N–H and O–H groups in total. The third kappa shape index (κ3) is 2.54. The zero-order chi connectivity index (χ0) is 16.7. The van der Waals surface area contributed by atoms with Gasteiger partial charge in [-0.2, -0.15) is 5.10 Å². The Bertz CT molecular complexity index is 824. The summed E-state index contributed by atoms with van der Waals surface area (Å²) in [5.41, 5.74) is 1.86. The van der Waals surface area contributed by atoms with Gasteiger partial charge in [0.1, 0.15) is 12.9 Å². The van der Waals surface area contributed by atoms with E-state index in [9.17, 15) is 9.59 Å². The lowest BCUT2D eigenvalue weighted by Gasteiger charge is -2.26. The van der Waals surface area contributed by atoms with Gasteiger partial charge in [0.2, 0.25) is 5.91 Å². The SMILES string of the molecule is Cn1cnn(CC(=O)N2CC3CCCN3Cc3ccccc32)c1=O. The van der Waals surface area contributed by atoms with Crippen LogP contribution in [0.15, 0.2) is 35.4 Å². The number of aryl methyl sites for hydroxylation is 1. The van der Waals surface area contributed by atoms with Gasteiger partial charge in [-0.25, -0.2) is 9.48 Å². The van der Waals surface area contributed by atoms with Gasteiger partial charge in [0, 0.05) is 31.9 Å². The molecule has 1 amide bonds. The Morgan fingerprint density at radius 1 is 1.33 bits per heavy atom. The van der Waals surface area contributed by atoms with Gasteiger partial charge in [-0.1, -0.05) is 18.2 Å². The number of para-hydroxylation sites is 1. The van der Waals surface area contributed by atoms with E-state index in [4.69, 9.17) is 0 Å². The number of benzene rings is 1. The molecular weight excluding hydrogens is 306 g/mol. The molecule has 0 saturated carbocycles. The summed E-state index contributed by atoms with van der Waals surface area (Å²) >= 11 is 0. The second-order valence-electron chi connectivity index (χ2n) is 6.58. The summed E-state index contributed by atoms with van der Waals surface area (Å²) in [6.07, 6.45) is 3.72. The maximum absolute atomic E-state index is 12.9. The van der Waals surface area contributed by atoms with Gasteiger partial charge in [-0.05, 0) is 31.0 Å². The normalized spacial score (nSPS) is 20.5. The third-order valence-electron chi connectivity index (χ3n) is 5.02. The number of hydrogen-bond donors (Lipinski definition) is 0. The number of amides is 1. The fourth-order valence-corrected chi connectivity index (χ4v) is 3.72. The lowest BCUT2D eigenvalue weighted by molar-refractivity contribution is -0.119. The maximum atomic E-state index is 12.9. The minimum Gasteiger partial charge on any atom is -0.309 e. The molecule has 24 heavy (non-hydrogen) atoms. The molecule has 1 fully saturated rings. The quantitative estimate of drug-likeness (QED) is 0.810. The average Bonchev–Trinajstić information content (AvgIpc) is 3.10. The Morgan fingerprint density at radius 3 is 2.96 bits per heavy atom. The van der Waals surface area contributed by atoms with Crippen LogP contribution in [-0.2, 0) is 24.9 Å². The van der Waals surface area contributed by atoms with Crippen molar-refractivity contribution < 1.29 is 4.79 Å². The maximum Gasteiger partial charge on any atom is 0.345 e. The first-order valence-electron chi connectivity index (χ1n) is 8.34. The molecule has 3 heterocycles. The molecule has 1 saturated heterocycles. The van der Waals surface area contributed by atoms with Gasteiger partial charge in [0.25, 0.3) is 0 Å².